The van der Waals surface area contributed by atoms with E-state index in [2.05, 4.69) is 6.92 Å². The van der Waals surface area contributed by atoms with E-state index in [1.54, 1.807) is 12.1 Å². The van der Waals surface area contributed by atoms with Crippen LogP contribution in [0.3, 0.4) is 0 Å². The van der Waals surface area contributed by atoms with Crippen LogP contribution in [0.1, 0.15) is 30.0 Å². The lowest BCUT2D eigenvalue weighted by Gasteiger charge is -2.11. The van der Waals surface area contributed by atoms with Gasteiger partial charge < -0.3 is 0 Å². The first-order valence-electron chi connectivity index (χ1n) is 10.5. The number of halogens is 5. The van der Waals surface area contributed by atoms with Crippen molar-refractivity contribution in [3.8, 4) is 11.1 Å². The number of hydrogen-bond donors (Lipinski definition) is 0. The molecule has 0 aliphatic carbocycles. The van der Waals surface area contributed by atoms with Gasteiger partial charge in [-0.05, 0) is 76.7 Å². The monoisotopic (exact) mass is 440 g/mol. The summed E-state index contributed by atoms with van der Waals surface area (Å²) in [6, 6.07) is 16.5. The Morgan fingerprint density at radius 1 is 0.562 bits per heavy atom. The van der Waals surface area contributed by atoms with Crippen LogP contribution in [-0.2, 0) is 19.3 Å². The molecule has 0 heterocycles. The lowest BCUT2D eigenvalue weighted by molar-refractivity contribution is 0.445. The molecule has 0 aliphatic rings. The van der Waals surface area contributed by atoms with Crippen LogP contribution in [0.4, 0.5) is 22.0 Å². The van der Waals surface area contributed by atoms with Gasteiger partial charge in [0.25, 0.3) is 0 Å². The summed E-state index contributed by atoms with van der Waals surface area (Å²) in [6.07, 6.45) is 2.09. The average molecular weight is 440 g/mol. The molecular weight excluding hydrogens is 419 g/mol. The highest BCUT2D eigenvalue weighted by Crippen LogP contribution is 2.30. The Morgan fingerprint density at radius 2 is 1.22 bits per heavy atom. The second kappa shape index (κ2) is 9.11. The van der Waals surface area contributed by atoms with Gasteiger partial charge in [0.1, 0.15) is 0 Å². The Balaban J connectivity index is 1.62. The van der Waals surface area contributed by atoms with E-state index in [9.17, 15) is 22.0 Å². The van der Waals surface area contributed by atoms with Crippen LogP contribution >= 0.6 is 0 Å². The van der Waals surface area contributed by atoms with E-state index in [4.69, 9.17) is 0 Å². The minimum Gasteiger partial charge on any atom is -0.204 e. The molecule has 0 unspecified atom stereocenters. The molecule has 32 heavy (non-hydrogen) atoms. The highest BCUT2D eigenvalue weighted by molar-refractivity contribution is 5.88. The first-order chi connectivity index (χ1) is 15.4. The van der Waals surface area contributed by atoms with Gasteiger partial charge in [0, 0.05) is 5.39 Å². The van der Waals surface area contributed by atoms with E-state index >= 15 is 0 Å². The molecular formula is C27H21F5. The molecule has 0 spiro atoms. The topological polar surface area (TPSA) is 0 Å². The van der Waals surface area contributed by atoms with E-state index in [0.717, 1.165) is 36.1 Å². The van der Waals surface area contributed by atoms with Crippen LogP contribution in [0.25, 0.3) is 21.9 Å². The van der Waals surface area contributed by atoms with Crippen LogP contribution in [0.5, 0.6) is 0 Å². The van der Waals surface area contributed by atoms with Gasteiger partial charge in [0.15, 0.2) is 29.1 Å². The van der Waals surface area contributed by atoms with Crippen molar-refractivity contribution in [2.75, 3.05) is 0 Å². The molecule has 0 aromatic heterocycles. The third-order valence-electron chi connectivity index (χ3n) is 5.65. The zero-order valence-corrected chi connectivity index (χ0v) is 17.5. The number of rotatable bonds is 6. The molecule has 4 aromatic rings. The standard InChI is InChI=1S/C27H21F5/c1-2-3-16-4-7-18(8-5-16)19-10-11-20-14-21(25(30)26(31)22(20)15-19)9-6-17-12-23(28)27(32)24(29)13-17/h4-5,7-8,10-15H,2-3,6,9H2,1H3. The van der Waals surface area contributed by atoms with E-state index < -0.39 is 29.1 Å². The van der Waals surface area contributed by atoms with Gasteiger partial charge in [-0.3, -0.25) is 0 Å². The Hall–Kier alpha value is -3.21. The van der Waals surface area contributed by atoms with Crippen molar-refractivity contribution < 1.29 is 22.0 Å². The maximum absolute atomic E-state index is 14.9. The molecule has 0 radical (unpaired) electrons. The zero-order chi connectivity index (χ0) is 22.8. The summed E-state index contributed by atoms with van der Waals surface area (Å²) in [7, 11) is 0. The van der Waals surface area contributed by atoms with Gasteiger partial charge in [-0.1, -0.05) is 49.7 Å². The summed E-state index contributed by atoms with van der Waals surface area (Å²) in [5.74, 6) is -6.11. The van der Waals surface area contributed by atoms with Crippen LogP contribution in [0, 0.1) is 29.1 Å². The fourth-order valence-electron chi connectivity index (χ4n) is 3.93. The first-order valence-corrected chi connectivity index (χ1v) is 10.5. The Morgan fingerprint density at radius 3 is 1.88 bits per heavy atom. The maximum Gasteiger partial charge on any atom is 0.194 e. The van der Waals surface area contributed by atoms with E-state index in [1.165, 1.54) is 11.6 Å². The van der Waals surface area contributed by atoms with Gasteiger partial charge in [0.2, 0.25) is 0 Å². The largest absolute Gasteiger partial charge is 0.204 e. The highest BCUT2D eigenvalue weighted by atomic mass is 19.2. The molecule has 5 heteroatoms. The third kappa shape index (κ3) is 4.38. The first kappa shape index (κ1) is 22.0. The molecule has 0 N–H and O–H groups in total. The summed E-state index contributed by atoms with van der Waals surface area (Å²) in [6.45, 7) is 2.11. The number of fused-ring (bicyclic) bond motifs is 1. The van der Waals surface area contributed by atoms with Crippen molar-refractivity contribution >= 4 is 10.8 Å². The Bertz CT molecular complexity index is 1250. The SMILES string of the molecule is CCCc1ccc(-c2ccc3cc(CCc4cc(F)c(F)c(F)c4)c(F)c(F)c3c2)cc1. The zero-order valence-electron chi connectivity index (χ0n) is 17.5. The lowest BCUT2D eigenvalue weighted by atomic mass is 9.96. The van der Waals surface area contributed by atoms with Gasteiger partial charge in [0.05, 0.1) is 0 Å². The molecule has 0 amide bonds. The average Bonchev–Trinajstić information content (AvgIpc) is 2.79. The summed E-state index contributed by atoms with van der Waals surface area (Å²) in [5.41, 5.74) is 3.18. The molecule has 0 saturated heterocycles. The molecule has 4 rings (SSSR count). The van der Waals surface area contributed by atoms with Crippen LogP contribution in [0.15, 0.2) is 60.7 Å². The molecule has 164 valence electrons. The predicted molar refractivity (Wildman–Crippen MR) is 117 cm³/mol. The molecule has 0 fully saturated rings. The smallest absolute Gasteiger partial charge is 0.194 e. The molecule has 0 atom stereocenters. The second-order valence-electron chi connectivity index (χ2n) is 7.92. The van der Waals surface area contributed by atoms with Crippen molar-refractivity contribution in [1.29, 1.82) is 0 Å². The van der Waals surface area contributed by atoms with Gasteiger partial charge >= 0.3 is 0 Å². The summed E-state index contributed by atoms with van der Waals surface area (Å²) >= 11 is 0. The van der Waals surface area contributed by atoms with Crippen molar-refractivity contribution in [3.05, 3.63) is 106 Å². The van der Waals surface area contributed by atoms with Crippen molar-refractivity contribution in [2.45, 2.75) is 32.6 Å². The van der Waals surface area contributed by atoms with Crippen molar-refractivity contribution in [1.82, 2.24) is 0 Å². The summed E-state index contributed by atoms with van der Waals surface area (Å²) < 4.78 is 69.6. The van der Waals surface area contributed by atoms with Gasteiger partial charge in [-0.2, -0.15) is 0 Å². The quantitative estimate of drug-likeness (QED) is 0.211. The summed E-state index contributed by atoms with van der Waals surface area (Å²) in [4.78, 5) is 0. The molecule has 4 aromatic carbocycles. The minimum atomic E-state index is -1.55. The van der Waals surface area contributed by atoms with Crippen molar-refractivity contribution in [3.63, 3.8) is 0 Å². The molecule has 0 bridgehead atoms. The minimum absolute atomic E-state index is 0.0177. The third-order valence-corrected chi connectivity index (χ3v) is 5.65. The van der Waals surface area contributed by atoms with E-state index in [-0.39, 0.29) is 29.4 Å². The maximum atomic E-state index is 14.9. The molecule has 0 aliphatic heterocycles. The highest BCUT2D eigenvalue weighted by Gasteiger charge is 2.16. The summed E-state index contributed by atoms with van der Waals surface area (Å²) in [5, 5.41) is 0.696. The van der Waals surface area contributed by atoms with Gasteiger partial charge in [-0.15, -0.1) is 0 Å². The number of benzene rings is 4. The number of hydrogen-bond acceptors (Lipinski definition) is 0. The van der Waals surface area contributed by atoms with E-state index in [1.807, 2.05) is 30.3 Å². The van der Waals surface area contributed by atoms with Crippen LogP contribution in [0.2, 0.25) is 0 Å². The van der Waals surface area contributed by atoms with E-state index in [0.29, 0.717) is 5.39 Å². The molecule has 0 saturated carbocycles. The van der Waals surface area contributed by atoms with Crippen molar-refractivity contribution in [2.24, 2.45) is 0 Å². The fourth-order valence-corrected chi connectivity index (χ4v) is 3.93. The van der Waals surface area contributed by atoms with Crippen LogP contribution < -0.4 is 0 Å². The fraction of sp³-hybridized carbons (Fsp3) is 0.185. The van der Waals surface area contributed by atoms with Crippen LogP contribution in [-0.4, -0.2) is 0 Å². The second-order valence-corrected chi connectivity index (χ2v) is 7.92. The predicted octanol–water partition coefficient (Wildman–Crippen LogP) is 7.94. The Labute approximate surface area is 183 Å². The molecule has 0 nitrogen and oxygen atoms in total. The normalized spacial score (nSPS) is 11.3. The Kier molecular flexibility index (Phi) is 6.26. The number of aryl methyl sites for hydroxylation is 3. The lowest BCUT2D eigenvalue weighted by Crippen LogP contribution is -2.01. The van der Waals surface area contributed by atoms with Gasteiger partial charge in [-0.25, -0.2) is 22.0 Å².